The number of aliphatic hydroxyl groups is 1. The molecule has 1 spiro atoms. The van der Waals surface area contributed by atoms with Gasteiger partial charge in [-0.2, -0.15) is 8.42 Å². The van der Waals surface area contributed by atoms with Crippen molar-refractivity contribution in [3.8, 4) is 0 Å². The average Bonchev–Trinajstić information content (AvgIpc) is 3.24. The minimum Gasteiger partial charge on any atom is -0.446 e. The molecule has 15 heteroatoms. The van der Waals surface area contributed by atoms with Crippen LogP contribution in [0.25, 0.3) is 0 Å². The molecule has 14 nitrogen and oxygen atoms in total. The summed E-state index contributed by atoms with van der Waals surface area (Å²) in [7, 11) is -4.95. The van der Waals surface area contributed by atoms with E-state index in [2.05, 4.69) is 16.0 Å². The summed E-state index contributed by atoms with van der Waals surface area (Å²) in [5, 5.41) is 17.8. The second kappa shape index (κ2) is 13.3. The Balaban J connectivity index is 1.54. The zero-order valence-corrected chi connectivity index (χ0v) is 25.9. The Hall–Kier alpha value is -2.65. The molecular formula is C27H46N4O10S. The fraction of sp³-hybridized carbons (Fsp3) is 0.852. The molecule has 3 aliphatic rings. The summed E-state index contributed by atoms with van der Waals surface area (Å²) in [5.41, 5.74) is -2.94. The molecule has 42 heavy (non-hydrogen) atoms. The number of carbonyl (C=O) groups is 4. The molecule has 0 unspecified atom stereocenters. The van der Waals surface area contributed by atoms with Gasteiger partial charge in [0.15, 0.2) is 0 Å². The Morgan fingerprint density at radius 3 is 2.26 bits per heavy atom. The molecule has 2 heterocycles. The first kappa shape index (κ1) is 33.8. The van der Waals surface area contributed by atoms with Crippen LogP contribution in [-0.2, 0) is 29.2 Å². The van der Waals surface area contributed by atoms with Crippen molar-refractivity contribution in [3.63, 3.8) is 0 Å². The van der Waals surface area contributed by atoms with Crippen LogP contribution >= 0.6 is 0 Å². The van der Waals surface area contributed by atoms with Gasteiger partial charge in [0, 0.05) is 25.6 Å². The predicted octanol–water partition coefficient (Wildman–Crippen LogP) is 1.52. The minimum atomic E-state index is -4.95. The molecule has 3 fully saturated rings. The van der Waals surface area contributed by atoms with E-state index in [1.165, 1.54) is 0 Å². The van der Waals surface area contributed by atoms with Crippen molar-refractivity contribution in [2.24, 2.45) is 17.3 Å². The Morgan fingerprint density at radius 2 is 1.76 bits per heavy atom. The number of hydrogen-bond donors (Lipinski definition) is 5. The van der Waals surface area contributed by atoms with Crippen molar-refractivity contribution in [1.82, 2.24) is 20.9 Å². The lowest BCUT2D eigenvalue weighted by Crippen LogP contribution is -2.56. The van der Waals surface area contributed by atoms with Crippen LogP contribution < -0.4 is 16.0 Å². The Morgan fingerprint density at radius 1 is 1.14 bits per heavy atom. The summed E-state index contributed by atoms with van der Waals surface area (Å²) in [5.74, 6) is -1.82. The summed E-state index contributed by atoms with van der Waals surface area (Å²) >= 11 is 0. The molecule has 2 saturated heterocycles. The second-order valence-corrected chi connectivity index (χ2v) is 14.8. The molecule has 1 saturated carbocycles. The number of aliphatic hydroxyl groups excluding tert-OH is 1. The quantitative estimate of drug-likeness (QED) is 0.224. The van der Waals surface area contributed by atoms with Crippen molar-refractivity contribution < 1.29 is 46.7 Å². The van der Waals surface area contributed by atoms with Crippen LogP contribution in [0, 0.1) is 17.3 Å². The SMILES string of the molecule is CC(C)C[C@H](NC(=O)OC1CC2(CCN(C(=O)OC(C)(C)C)CC2)C1)C(=O)N[C@@H](C[C@@H]1CCNC1=O)[C@@H](O)S(=O)(=O)O. The van der Waals surface area contributed by atoms with Crippen LogP contribution in [-0.4, -0.2) is 95.8 Å². The van der Waals surface area contributed by atoms with Gasteiger partial charge in [0.25, 0.3) is 10.1 Å². The summed E-state index contributed by atoms with van der Waals surface area (Å²) in [6.07, 6.45) is 1.67. The molecule has 0 aromatic carbocycles. The van der Waals surface area contributed by atoms with E-state index in [1.54, 1.807) is 4.90 Å². The number of rotatable bonds is 10. The van der Waals surface area contributed by atoms with Gasteiger partial charge in [-0.3, -0.25) is 14.1 Å². The number of nitrogens with zero attached hydrogens (tertiary/aromatic N) is 1. The Labute approximate surface area is 247 Å². The molecule has 0 aromatic heterocycles. The van der Waals surface area contributed by atoms with Gasteiger partial charge in [0.05, 0.1) is 6.04 Å². The van der Waals surface area contributed by atoms with Crippen molar-refractivity contribution >= 4 is 34.1 Å². The maximum absolute atomic E-state index is 13.2. The van der Waals surface area contributed by atoms with Gasteiger partial charge in [-0.15, -0.1) is 0 Å². The zero-order valence-electron chi connectivity index (χ0n) is 25.1. The average molecular weight is 619 g/mol. The van der Waals surface area contributed by atoms with Gasteiger partial charge in [0.2, 0.25) is 17.3 Å². The molecule has 3 rings (SSSR count). The summed E-state index contributed by atoms with van der Waals surface area (Å²) < 4.78 is 43.8. The number of piperidine rings is 1. The number of carbonyl (C=O) groups excluding carboxylic acids is 4. The number of hydrogen-bond acceptors (Lipinski definition) is 9. The highest BCUT2D eigenvalue weighted by atomic mass is 32.2. The monoisotopic (exact) mass is 618 g/mol. The van der Waals surface area contributed by atoms with E-state index in [9.17, 15) is 37.3 Å². The maximum Gasteiger partial charge on any atom is 0.410 e. The topological polar surface area (TPSA) is 201 Å². The van der Waals surface area contributed by atoms with Gasteiger partial charge in [0.1, 0.15) is 17.7 Å². The highest BCUT2D eigenvalue weighted by Gasteiger charge is 2.48. The van der Waals surface area contributed by atoms with E-state index < -0.39 is 51.2 Å². The maximum atomic E-state index is 13.2. The van der Waals surface area contributed by atoms with Crippen LogP contribution in [0.1, 0.15) is 79.6 Å². The molecule has 4 atom stereocenters. The Bertz CT molecular complexity index is 1110. The van der Waals surface area contributed by atoms with Gasteiger partial charge in [-0.05, 0) is 77.0 Å². The molecule has 240 valence electrons. The molecular weight excluding hydrogens is 572 g/mol. The van der Waals surface area contributed by atoms with Crippen LogP contribution in [0.15, 0.2) is 0 Å². The fourth-order valence-corrected chi connectivity index (χ4v) is 6.43. The van der Waals surface area contributed by atoms with Gasteiger partial charge < -0.3 is 35.4 Å². The van der Waals surface area contributed by atoms with Crippen LogP contribution in [0.5, 0.6) is 0 Å². The van der Waals surface area contributed by atoms with Crippen molar-refractivity contribution in [1.29, 1.82) is 0 Å². The van der Waals surface area contributed by atoms with E-state index >= 15 is 0 Å². The molecule has 0 aromatic rings. The third-order valence-electron chi connectivity index (χ3n) is 8.06. The number of amides is 4. The van der Waals surface area contributed by atoms with E-state index in [-0.39, 0.29) is 42.3 Å². The van der Waals surface area contributed by atoms with Crippen LogP contribution in [0.3, 0.4) is 0 Å². The summed E-state index contributed by atoms with van der Waals surface area (Å²) in [6, 6.07) is -2.59. The third kappa shape index (κ3) is 9.43. The highest BCUT2D eigenvalue weighted by Crippen LogP contribution is 2.50. The normalized spacial score (nSPS) is 23.0. The van der Waals surface area contributed by atoms with E-state index in [0.717, 1.165) is 12.8 Å². The first-order valence-electron chi connectivity index (χ1n) is 14.5. The Kier molecular flexibility index (Phi) is 10.7. The molecule has 5 N–H and O–H groups in total. The predicted molar refractivity (Wildman–Crippen MR) is 151 cm³/mol. The molecule has 0 radical (unpaired) electrons. The molecule has 2 aliphatic heterocycles. The van der Waals surface area contributed by atoms with Crippen molar-refractivity contribution in [3.05, 3.63) is 0 Å². The van der Waals surface area contributed by atoms with Gasteiger partial charge in [-0.1, -0.05) is 13.8 Å². The lowest BCUT2D eigenvalue weighted by molar-refractivity contribution is -0.126. The van der Waals surface area contributed by atoms with Gasteiger partial charge in [-0.25, -0.2) is 9.59 Å². The highest BCUT2D eigenvalue weighted by molar-refractivity contribution is 7.86. The van der Waals surface area contributed by atoms with E-state index in [1.807, 2.05) is 34.6 Å². The molecule has 4 amide bonds. The first-order chi connectivity index (χ1) is 19.4. The number of alkyl carbamates (subject to hydrolysis) is 1. The molecule has 0 bridgehead atoms. The van der Waals surface area contributed by atoms with Gasteiger partial charge >= 0.3 is 12.2 Å². The number of ether oxygens (including phenoxy) is 2. The lowest BCUT2D eigenvalue weighted by atomic mass is 9.61. The second-order valence-electron chi connectivity index (χ2n) is 13.3. The number of likely N-dealkylation sites (tertiary alicyclic amines) is 1. The van der Waals surface area contributed by atoms with Crippen molar-refractivity contribution in [2.45, 2.75) is 109 Å². The lowest BCUT2D eigenvalue weighted by Gasteiger charge is -2.51. The fourth-order valence-electron chi connectivity index (χ4n) is 5.83. The van der Waals surface area contributed by atoms with Crippen molar-refractivity contribution in [2.75, 3.05) is 19.6 Å². The number of nitrogens with one attached hydrogen (secondary N) is 3. The molecule has 1 aliphatic carbocycles. The van der Waals surface area contributed by atoms with Crippen LogP contribution in [0.4, 0.5) is 9.59 Å². The largest absolute Gasteiger partial charge is 0.446 e. The van der Waals surface area contributed by atoms with E-state index in [4.69, 9.17) is 9.47 Å². The third-order valence-corrected chi connectivity index (χ3v) is 9.00. The zero-order chi connectivity index (χ0) is 31.5. The smallest absolute Gasteiger partial charge is 0.410 e. The standard InChI is InChI=1S/C27H46N4O10S/c1-16(2)12-19(22(33)29-20(23(34)42(37,38)39)13-17-6-9-28-21(17)32)30-24(35)40-18-14-27(15-18)7-10-31(11-8-27)25(36)41-26(3,4)5/h16-20,23,34H,6-15H2,1-5H3,(H,28,32)(H,29,33)(H,30,35)(H,37,38,39)/t17-,19-,20-,23-/m0/s1. The summed E-state index contributed by atoms with van der Waals surface area (Å²) in [6.45, 7) is 10.6. The summed E-state index contributed by atoms with van der Waals surface area (Å²) in [4.78, 5) is 52.0. The van der Waals surface area contributed by atoms with Crippen LogP contribution in [0.2, 0.25) is 0 Å². The minimum absolute atomic E-state index is 0.0240. The van der Waals surface area contributed by atoms with E-state index in [0.29, 0.717) is 38.9 Å². The first-order valence-corrected chi connectivity index (χ1v) is 16.1.